The van der Waals surface area contributed by atoms with E-state index in [1.807, 2.05) is 0 Å². The Kier molecular flexibility index (Phi) is 5.07. The Balaban J connectivity index is 1.63. The first-order valence-electron chi connectivity index (χ1n) is 7.34. The number of morpholine rings is 1. The molecule has 1 saturated heterocycles. The Hall–Kier alpha value is -1.44. The molecule has 0 unspecified atom stereocenters. The van der Waals surface area contributed by atoms with Crippen LogP contribution in [0.15, 0.2) is 29.1 Å². The molecular formula is C15H19BrN4O2. The lowest BCUT2D eigenvalue weighted by Crippen LogP contribution is -2.35. The summed E-state index contributed by atoms with van der Waals surface area (Å²) in [6.45, 7) is 5.03. The molecule has 0 aliphatic carbocycles. The predicted octanol–water partition coefficient (Wildman–Crippen LogP) is 1.35. The fourth-order valence-electron chi connectivity index (χ4n) is 2.51. The lowest BCUT2D eigenvalue weighted by atomic mass is 10.1. The quantitative estimate of drug-likeness (QED) is 0.811. The van der Waals surface area contributed by atoms with E-state index in [0.29, 0.717) is 17.7 Å². The molecule has 1 fully saturated rings. The Morgan fingerprint density at radius 1 is 1.14 bits per heavy atom. The van der Waals surface area contributed by atoms with Crippen LogP contribution in [0.4, 0.5) is 0 Å². The number of halogens is 1. The van der Waals surface area contributed by atoms with Crippen LogP contribution in [0.5, 0.6) is 0 Å². The van der Waals surface area contributed by atoms with Crippen molar-refractivity contribution in [3.8, 4) is 0 Å². The summed E-state index contributed by atoms with van der Waals surface area (Å²) < 4.78 is 6.81. The number of alkyl halides is 1. The second-order valence-corrected chi connectivity index (χ2v) is 5.93. The van der Waals surface area contributed by atoms with E-state index in [0.717, 1.165) is 38.4 Å². The molecular weight excluding hydrogens is 348 g/mol. The summed E-state index contributed by atoms with van der Waals surface area (Å²) in [5.41, 5.74) is 2.17. The number of nitrogens with zero attached hydrogens (tertiary/aromatic N) is 3. The predicted molar refractivity (Wildman–Crippen MR) is 87.1 cm³/mol. The monoisotopic (exact) mass is 366 g/mol. The smallest absolute Gasteiger partial charge is 0.343 e. The van der Waals surface area contributed by atoms with Gasteiger partial charge in [0, 0.05) is 19.6 Å². The fraction of sp³-hybridized carbons (Fsp3) is 0.467. The summed E-state index contributed by atoms with van der Waals surface area (Å²) in [7, 11) is 0. The molecule has 0 saturated carbocycles. The first kappa shape index (κ1) is 15.5. The first-order valence-corrected chi connectivity index (χ1v) is 8.46. The topological polar surface area (TPSA) is 63.2 Å². The van der Waals surface area contributed by atoms with E-state index < -0.39 is 0 Å². The molecule has 3 rings (SSSR count). The second kappa shape index (κ2) is 7.21. The van der Waals surface area contributed by atoms with Gasteiger partial charge in [0.15, 0.2) is 0 Å². The summed E-state index contributed by atoms with van der Waals surface area (Å²) in [6.07, 6.45) is 0. The van der Waals surface area contributed by atoms with Crippen molar-refractivity contribution in [2.75, 3.05) is 26.3 Å². The van der Waals surface area contributed by atoms with Gasteiger partial charge in [0.2, 0.25) is 0 Å². The number of hydrogen-bond donors (Lipinski definition) is 1. The van der Waals surface area contributed by atoms with Crippen LogP contribution in [0.1, 0.15) is 17.0 Å². The van der Waals surface area contributed by atoms with E-state index >= 15 is 0 Å². The van der Waals surface area contributed by atoms with Crippen molar-refractivity contribution in [3.05, 3.63) is 51.7 Å². The molecule has 7 heteroatoms. The van der Waals surface area contributed by atoms with E-state index in [1.54, 1.807) is 0 Å². The summed E-state index contributed by atoms with van der Waals surface area (Å²) in [4.78, 5) is 16.8. The lowest BCUT2D eigenvalue weighted by Gasteiger charge is -2.26. The highest BCUT2D eigenvalue weighted by molar-refractivity contribution is 9.08. The van der Waals surface area contributed by atoms with Gasteiger partial charge in [-0.25, -0.2) is 9.48 Å². The molecule has 22 heavy (non-hydrogen) atoms. The molecule has 1 aliphatic rings. The van der Waals surface area contributed by atoms with E-state index in [4.69, 9.17) is 4.74 Å². The van der Waals surface area contributed by atoms with Crippen LogP contribution in [0.25, 0.3) is 0 Å². The van der Waals surface area contributed by atoms with Crippen LogP contribution < -0.4 is 5.69 Å². The SMILES string of the molecule is O=c1[nH]c(CBr)nn1Cc1ccc(CN2CCOCC2)cc1. The normalized spacial score (nSPS) is 16.0. The maximum atomic E-state index is 11.7. The zero-order chi connectivity index (χ0) is 15.4. The van der Waals surface area contributed by atoms with Crippen LogP contribution in [-0.2, 0) is 23.2 Å². The molecule has 0 radical (unpaired) electrons. The fourth-order valence-corrected chi connectivity index (χ4v) is 2.76. The van der Waals surface area contributed by atoms with Crippen LogP contribution >= 0.6 is 15.9 Å². The van der Waals surface area contributed by atoms with Gasteiger partial charge in [-0.2, -0.15) is 5.10 Å². The summed E-state index contributed by atoms with van der Waals surface area (Å²) in [5.74, 6) is 0.647. The van der Waals surface area contributed by atoms with Crippen LogP contribution in [0.3, 0.4) is 0 Å². The number of hydrogen-bond acceptors (Lipinski definition) is 4. The third-order valence-corrected chi connectivity index (χ3v) is 4.25. The molecule has 2 aromatic rings. The molecule has 118 valence electrons. The molecule has 0 bridgehead atoms. The molecule has 6 nitrogen and oxygen atoms in total. The highest BCUT2D eigenvalue weighted by Crippen LogP contribution is 2.10. The molecule has 1 aliphatic heterocycles. The minimum absolute atomic E-state index is 0.174. The molecule has 1 N–H and O–H groups in total. The summed E-state index contributed by atoms with van der Waals surface area (Å²) in [5, 5.41) is 4.77. The van der Waals surface area contributed by atoms with Gasteiger partial charge in [-0.3, -0.25) is 9.88 Å². The van der Waals surface area contributed by atoms with Crippen molar-refractivity contribution in [1.29, 1.82) is 0 Å². The zero-order valence-corrected chi connectivity index (χ0v) is 13.9. The van der Waals surface area contributed by atoms with Gasteiger partial charge in [0.05, 0.1) is 25.1 Å². The minimum atomic E-state index is -0.174. The van der Waals surface area contributed by atoms with Gasteiger partial charge in [0.25, 0.3) is 0 Å². The maximum Gasteiger partial charge on any atom is 0.343 e. The van der Waals surface area contributed by atoms with Gasteiger partial charge in [-0.05, 0) is 11.1 Å². The average Bonchev–Trinajstić information content (AvgIpc) is 2.90. The first-order chi connectivity index (χ1) is 10.7. The Morgan fingerprint density at radius 2 is 1.77 bits per heavy atom. The molecule has 2 heterocycles. The van der Waals surface area contributed by atoms with Crippen molar-refractivity contribution < 1.29 is 4.74 Å². The van der Waals surface area contributed by atoms with Crippen molar-refractivity contribution in [2.45, 2.75) is 18.4 Å². The Labute approximate surface area is 137 Å². The minimum Gasteiger partial charge on any atom is -0.379 e. The third-order valence-electron chi connectivity index (χ3n) is 3.72. The Morgan fingerprint density at radius 3 is 2.36 bits per heavy atom. The van der Waals surface area contributed by atoms with Gasteiger partial charge < -0.3 is 4.74 Å². The van der Waals surface area contributed by atoms with Crippen molar-refractivity contribution in [3.63, 3.8) is 0 Å². The lowest BCUT2D eigenvalue weighted by molar-refractivity contribution is 0.0342. The second-order valence-electron chi connectivity index (χ2n) is 5.37. The third kappa shape index (κ3) is 3.85. The van der Waals surface area contributed by atoms with Crippen LogP contribution in [-0.4, -0.2) is 46.0 Å². The van der Waals surface area contributed by atoms with Crippen LogP contribution in [0.2, 0.25) is 0 Å². The number of H-pyrrole nitrogens is 1. The van der Waals surface area contributed by atoms with Crippen molar-refractivity contribution >= 4 is 15.9 Å². The van der Waals surface area contributed by atoms with E-state index in [2.05, 4.69) is 55.2 Å². The van der Waals surface area contributed by atoms with E-state index in [1.165, 1.54) is 10.2 Å². The number of ether oxygens (including phenoxy) is 1. The molecule has 1 aromatic carbocycles. The molecule has 0 spiro atoms. The standard InChI is InChI=1S/C15H19BrN4O2/c16-9-14-17-15(21)20(18-14)11-13-3-1-12(2-4-13)10-19-5-7-22-8-6-19/h1-4H,5-11H2,(H,17,18,21). The van der Waals surface area contributed by atoms with Crippen molar-refractivity contribution in [2.24, 2.45) is 0 Å². The highest BCUT2D eigenvalue weighted by Gasteiger charge is 2.10. The largest absolute Gasteiger partial charge is 0.379 e. The van der Waals surface area contributed by atoms with Gasteiger partial charge >= 0.3 is 5.69 Å². The molecule has 1 aromatic heterocycles. The highest BCUT2D eigenvalue weighted by atomic mass is 79.9. The number of aromatic nitrogens is 3. The van der Waals surface area contributed by atoms with E-state index in [-0.39, 0.29) is 5.69 Å². The van der Waals surface area contributed by atoms with Gasteiger partial charge in [-0.15, -0.1) is 0 Å². The number of rotatable bonds is 5. The zero-order valence-electron chi connectivity index (χ0n) is 12.3. The maximum absolute atomic E-state index is 11.7. The number of benzene rings is 1. The van der Waals surface area contributed by atoms with E-state index in [9.17, 15) is 4.79 Å². The van der Waals surface area contributed by atoms with Gasteiger partial charge in [0.1, 0.15) is 5.82 Å². The number of aromatic amines is 1. The average molecular weight is 367 g/mol. The summed E-state index contributed by atoms with van der Waals surface area (Å²) >= 11 is 3.29. The number of nitrogens with one attached hydrogen (secondary N) is 1. The van der Waals surface area contributed by atoms with Gasteiger partial charge in [-0.1, -0.05) is 40.2 Å². The molecule has 0 amide bonds. The van der Waals surface area contributed by atoms with Crippen molar-refractivity contribution in [1.82, 2.24) is 19.7 Å². The summed E-state index contributed by atoms with van der Waals surface area (Å²) in [6, 6.07) is 8.36. The Bertz CT molecular complexity index is 659. The van der Waals surface area contributed by atoms with Crippen LogP contribution in [0, 0.1) is 0 Å². The molecule has 0 atom stereocenters.